The van der Waals surface area contributed by atoms with Gasteiger partial charge in [-0.15, -0.1) is 0 Å². The van der Waals surface area contributed by atoms with Crippen LogP contribution >= 0.6 is 23.2 Å². The van der Waals surface area contributed by atoms with Crippen molar-refractivity contribution in [2.75, 3.05) is 23.8 Å². The number of ether oxygens (including phenoxy) is 1. The molecule has 10 nitrogen and oxygen atoms in total. The van der Waals surface area contributed by atoms with E-state index in [1.807, 2.05) is 31.2 Å². The molecule has 0 aliphatic carbocycles. The van der Waals surface area contributed by atoms with E-state index in [0.717, 1.165) is 11.1 Å². The van der Waals surface area contributed by atoms with Crippen LogP contribution in [0.3, 0.4) is 0 Å². The van der Waals surface area contributed by atoms with E-state index in [0.29, 0.717) is 27.5 Å². The highest BCUT2D eigenvalue weighted by molar-refractivity contribution is 6.38. The first-order valence-corrected chi connectivity index (χ1v) is 12.4. The number of pyridine rings is 2. The third kappa shape index (κ3) is 6.54. The van der Waals surface area contributed by atoms with Crippen LogP contribution in [0.2, 0.25) is 10.0 Å². The van der Waals surface area contributed by atoms with Crippen molar-refractivity contribution in [3.05, 3.63) is 87.7 Å². The van der Waals surface area contributed by atoms with Crippen LogP contribution in [0.1, 0.15) is 21.7 Å². The van der Waals surface area contributed by atoms with Gasteiger partial charge in [-0.1, -0.05) is 47.5 Å². The Labute approximate surface area is 233 Å². The Morgan fingerprint density at radius 3 is 2.54 bits per heavy atom. The van der Waals surface area contributed by atoms with Crippen molar-refractivity contribution in [3.63, 3.8) is 0 Å². The minimum Gasteiger partial charge on any atom is -0.487 e. The zero-order valence-corrected chi connectivity index (χ0v) is 22.4. The summed E-state index contributed by atoms with van der Waals surface area (Å²) in [4.78, 5) is 45.7. The molecule has 0 aliphatic heterocycles. The number of amides is 3. The topological polar surface area (TPSA) is 134 Å². The van der Waals surface area contributed by atoms with E-state index in [2.05, 4.69) is 20.6 Å². The fourth-order valence-electron chi connectivity index (χ4n) is 3.65. The Balaban J connectivity index is 1.42. The Bertz CT molecular complexity index is 1580. The summed E-state index contributed by atoms with van der Waals surface area (Å²) in [7, 11) is 1.51. The van der Waals surface area contributed by atoms with Crippen molar-refractivity contribution >= 4 is 63.5 Å². The van der Waals surface area contributed by atoms with Crippen molar-refractivity contribution in [2.24, 2.45) is 0 Å². The number of aromatic carboxylic acids is 1. The molecule has 0 saturated heterocycles. The second kappa shape index (κ2) is 12.0. The van der Waals surface area contributed by atoms with Gasteiger partial charge in [-0.3, -0.25) is 10.1 Å². The van der Waals surface area contributed by atoms with Gasteiger partial charge in [0.05, 0.1) is 17.3 Å². The number of halogens is 2. The summed E-state index contributed by atoms with van der Waals surface area (Å²) in [6.45, 7) is 1.56. The number of aryl methyl sites for hydroxylation is 1. The highest BCUT2D eigenvalue weighted by Gasteiger charge is 2.20. The molecule has 4 aromatic rings. The van der Waals surface area contributed by atoms with Gasteiger partial charge in [-0.25, -0.2) is 19.6 Å². The Hall–Kier alpha value is -4.41. The lowest BCUT2D eigenvalue weighted by Crippen LogP contribution is -2.40. The maximum absolute atomic E-state index is 12.8. The smallest absolute Gasteiger partial charge is 0.354 e. The van der Waals surface area contributed by atoms with Crippen molar-refractivity contribution in [2.45, 2.75) is 13.5 Å². The van der Waals surface area contributed by atoms with E-state index in [1.54, 1.807) is 18.2 Å². The summed E-state index contributed by atoms with van der Waals surface area (Å²) in [6.07, 6.45) is 0. The van der Waals surface area contributed by atoms with E-state index in [9.17, 15) is 14.4 Å². The number of anilines is 2. The number of rotatable bonds is 8. The first-order chi connectivity index (χ1) is 18.6. The first kappa shape index (κ1) is 27.6. The van der Waals surface area contributed by atoms with Crippen LogP contribution in [0.25, 0.3) is 10.9 Å². The maximum atomic E-state index is 12.8. The van der Waals surface area contributed by atoms with Gasteiger partial charge in [-0.05, 0) is 43.3 Å². The number of urea groups is 1. The number of carboxylic acids is 1. The SMILES string of the molecule is Cc1ccc2cccc(OCc3c(Cl)ccc(N(C)C(=O)CNC(=O)Nc4cccc(C(=O)O)n4)c3Cl)c2n1. The van der Waals surface area contributed by atoms with Crippen LogP contribution in [0.4, 0.5) is 16.3 Å². The molecule has 0 spiro atoms. The van der Waals surface area contributed by atoms with Crippen molar-refractivity contribution in [3.8, 4) is 5.75 Å². The molecule has 0 radical (unpaired) electrons. The second-order valence-corrected chi connectivity index (χ2v) is 9.19. The first-order valence-electron chi connectivity index (χ1n) is 11.6. The van der Waals surface area contributed by atoms with Gasteiger partial charge in [0.2, 0.25) is 5.91 Å². The highest BCUT2D eigenvalue weighted by atomic mass is 35.5. The summed E-state index contributed by atoms with van der Waals surface area (Å²) in [5, 5.41) is 15.3. The lowest BCUT2D eigenvalue weighted by Gasteiger charge is -2.21. The van der Waals surface area contributed by atoms with Crippen molar-refractivity contribution < 1.29 is 24.2 Å². The molecule has 2 aromatic carbocycles. The van der Waals surface area contributed by atoms with E-state index < -0.39 is 17.9 Å². The Kier molecular flexibility index (Phi) is 8.48. The molecule has 2 aromatic heterocycles. The zero-order chi connectivity index (χ0) is 28.1. The number of nitrogens with one attached hydrogen (secondary N) is 2. The number of hydrogen-bond donors (Lipinski definition) is 3. The normalized spacial score (nSPS) is 10.7. The minimum atomic E-state index is -1.23. The standard InChI is InChI=1S/C27H23Cl2N5O5/c1-15-9-10-16-5-3-7-21(25(16)31-15)39-14-17-18(28)11-12-20(24(17)29)34(2)23(35)13-30-27(38)33-22-8-4-6-19(32-22)26(36)37/h3-12H,13-14H2,1-2H3,(H,36,37)(H2,30,32,33,38). The molecular formula is C27H23Cl2N5O5. The molecular weight excluding hydrogens is 545 g/mol. The molecule has 0 atom stereocenters. The van der Waals surface area contributed by atoms with Gasteiger partial charge in [0.25, 0.3) is 0 Å². The number of likely N-dealkylation sites (N-methyl/N-ethyl adjacent to an activating group) is 1. The number of nitrogens with zero attached hydrogens (tertiary/aromatic N) is 3. The average Bonchev–Trinajstić information content (AvgIpc) is 2.91. The minimum absolute atomic E-state index is 0.0233. The maximum Gasteiger partial charge on any atom is 0.354 e. The molecule has 0 fully saturated rings. The summed E-state index contributed by atoms with van der Waals surface area (Å²) in [5.41, 5.74) is 2.18. The number of carbonyl (C=O) groups excluding carboxylic acids is 2. The van der Waals surface area contributed by atoms with Crippen LogP contribution in [0.5, 0.6) is 5.75 Å². The number of carbonyl (C=O) groups is 3. The number of carboxylic acid groups (broad SMARTS) is 1. The van der Waals surface area contributed by atoms with Crippen molar-refractivity contribution in [1.82, 2.24) is 15.3 Å². The molecule has 200 valence electrons. The average molecular weight is 568 g/mol. The fourth-order valence-corrected chi connectivity index (χ4v) is 4.26. The van der Waals surface area contributed by atoms with Gasteiger partial charge in [-0.2, -0.15) is 0 Å². The summed E-state index contributed by atoms with van der Waals surface area (Å²) in [6, 6.07) is 16.1. The molecule has 39 heavy (non-hydrogen) atoms. The summed E-state index contributed by atoms with van der Waals surface area (Å²) >= 11 is 13.1. The number of benzene rings is 2. The molecule has 0 bridgehead atoms. The predicted octanol–water partition coefficient (Wildman–Crippen LogP) is 5.31. The predicted molar refractivity (Wildman–Crippen MR) is 149 cm³/mol. The molecule has 3 N–H and O–H groups in total. The summed E-state index contributed by atoms with van der Waals surface area (Å²) in [5.74, 6) is -1.11. The van der Waals surface area contributed by atoms with Crippen molar-refractivity contribution in [1.29, 1.82) is 0 Å². The third-order valence-corrected chi connectivity index (χ3v) is 6.48. The van der Waals surface area contributed by atoms with Gasteiger partial charge in [0.15, 0.2) is 5.69 Å². The second-order valence-electron chi connectivity index (χ2n) is 8.40. The lowest BCUT2D eigenvalue weighted by molar-refractivity contribution is -0.117. The fraction of sp³-hybridized carbons (Fsp3) is 0.148. The van der Waals surface area contributed by atoms with E-state index in [-0.39, 0.29) is 29.7 Å². The highest BCUT2D eigenvalue weighted by Crippen LogP contribution is 2.35. The zero-order valence-electron chi connectivity index (χ0n) is 20.9. The van der Waals surface area contributed by atoms with E-state index in [1.165, 1.54) is 30.1 Å². The molecule has 0 aliphatic rings. The molecule has 0 unspecified atom stereocenters. The third-order valence-electron chi connectivity index (χ3n) is 5.71. The Morgan fingerprint density at radius 2 is 1.77 bits per heavy atom. The van der Waals surface area contributed by atoms with Gasteiger partial charge in [0, 0.05) is 28.7 Å². The number of aromatic nitrogens is 2. The summed E-state index contributed by atoms with van der Waals surface area (Å²) < 4.78 is 6.03. The molecule has 12 heteroatoms. The van der Waals surface area contributed by atoms with E-state index >= 15 is 0 Å². The van der Waals surface area contributed by atoms with Crippen LogP contribution in [-0.2, 0) is 11.4 Å². The monoisotopic (exact) mass is 567 g/mol. The molecule has 3 amide bonds. The largest absolute Gasteiger partial charge is 0.487 e. The van der Waals surface area contributed by atoms with Crippen LogP contribution in [-0.4, -0.2) is 46.6 Å². The quantitative estimate of drug-likeness (QED) is 0.262. The van der Waals surface area contributed by atoms with Gasteiger partial charge < -0.3 is 20.1 Å². The molecule has 0 saturated carbocycles. The van der Waals surface area contributed by atoms with Crippen LogP contribution in [0.15, 0.2) is 60.7 Å². The number of para-hydroxylation sites is 1. The van der Waals surface area contributed by atoms with Crippen LogP contribution in [0, 0.1) is 6.92 Å². The number of hydrogen-bond acceptors (Lipinski definition) is 6. The Morgan fingerprint density at radius 1 is 1.00 bits per heavy atom. The van der Waals surface area contributed by atoms with Crippen LogP contribution < -0.4 is 20.3 Å². The lowest BCUT2D eigenvalue weighted by atomic mass is 10.1. The van der Waals surface area contributed by atoms with Gasteiger partial charge >= 0.3 is 12.0 Å². The molecule has 2 heterocycles. The van der Waals surface area contributed by atoms with Gasteiger partial charge in [0.1, 0.15) is 23.7 Å². The number of fused-ring (bicyclic) bond motifs is 1. The molecule has 4 rings (SSSR count). The van der Waals surface area contributed by atoms with E-state index in [4.69, 9.17) is 33.0 Å².